The van der Waals surface area contributed by atoms with Crippen molar-refractivity contribution in [1.82, 2.24) is 4.90 Å². The van der Waals surface area contributed by atoms with Gasteiger partial charge in [-0.2, -0.15) is 0 Å². The van der Waals surface area contributed by atoms with E-state index in [1.165, 1.54) is 17.2 Å². The van der Waals surface area contributed by atoms with Gasteiger partial charge in [-0.3, -0.25) is 4.90 Å². The molecule has 2 aromatic rings. The number of amides is 2. The molecule has 1 aliphatic rings. The molecule has 7 heteroatoms. The lowest BCUT2D eigenvalue weighted by atomic mass is 10.2. The zero-order valence-electron chi connectivity index (χ0n) is 12.6. The predicted molar refractivity (Wildman–Crippen MR) is 89.2 cm³/mol. The first kappa shape index (κ1) is 16.0. The first-order valence-electron chi connectivity index (χ1n) is 7.19. The van der Waals surface area contributed by atoms with Crippen molar-refractivity contribution in [3.8, 4) is 5.75 Å². The van der Waals surface area contributed by atoms with E-state index >= 15 is 0 Å². The molecule has 0 saturated carbocycles. The molecule has 0 saturated heterocycles. The Kier molecular flexibility index (Phi) is 4.77. The maximum Gasteiger partial charge on any atom is 0.329 e. The van der Waals surface area contributed by atoms with E-state index in [2.05, 4.69) is 5.32 Å². The van der Waals surface area contributed by atoms with Crippen molar-refractivity contribution >= 4 is 23.3 Å². The van der Waals surface area contributed by atoms with Gasteiger partial charge in [0, 0.05) is 0 Å². The number of rotatable bonds is 4. The van der Waals surface area contributed by atoms with E-state index in [0.29, 0.717) is 0 Å². The molecule has 24 heavy (non-hydrogen) atoms. The van der Waals surface area contributed by atoms with Crippen LogP contribution in [-0.2, 0) is 16.0 Å². The van der Waals surface area contributed by atoms with Crippen LogP contribution < -0.4 is 5.32 Å². The maximum atomic E-state index is 12.7. The van der Waals surface area contributed by atoms with E-state index in [1.807, 2.05) is 30.3 Å². The highest BCUT2D eigenvalue weighted by Crippen LogP contribution is 2.31. The lowest BCUT2D eigenvalue weighted by molar-refractivity contribution is 0.0554. The van der Waals surface area contributed by atoms with Gasteiger partial charge in [-0.05, 0) is 17.7 Å². The number of urea groups is 1. The lowest BCUT2D eigenvalue weighted by Gasteiger charge is -2.22. The van der Waals surface area contributed by atoms with Crippen LogP contribution in [0.5, 0.6) is 5.75 Å². The summed E-state index contributed by atoms with van der Waals surface area (Å²) in [4.78, 5) is 14.0. The maximum absolute atomic E-state index is 12.7. The molecule has 6 nitrogen and oxygen atoms in total. The first-order valence-corrected chi connectivity index (χ1v) is 7.57. The predicted octanol–water partition coefficient (Wildman–Crippen LogP) is 3.88. The van der Waals surface area contributed by atoms with E-state index in [1.54, 1.807) is 12.1 Å². The summed E-state index contributed by atoms with van der Waals surface area (Å²) in [6.07, 6.45) is 1.38. The van der Waals surface area contributed by atoms with Gasteiger partial charge in [-0.25, -0.2) is 4.79 Å². The minimum absolute atomic E-state index is 0.0519. The van der Waals surface area contributed by atoms with Gasteiger partial charge in [-0.1, -0.05) is 48.0 Å². The molecular formula is C17H15ClN2O4. The van der Waals surface area contributed by atoms with Crippen molar-refractivity contribution in [1.29, 1.82) is 0 Å². The summed E-state index contributed by atoms with van der Waals surface area (Å²) < 4.78 is 10.4. The number of para-hydroxylation sites is 1. The number of ether oxygens (including phenoxy) is 2. The van der Waals surface area contributed by atoms with E-state index in [9.17, 15) is 9.90 Å². The normalized spacial score (nSPS) is 12.8. The Labute approximate surface area is 143 Å². The quantitative estimate of drug-likeness (QED) is 0.824. The molecule has 0 aliphatic carbocycles. The van der Waals surface area contributed by atoms with Crippen molar-refractivity contribution in [2.75, 3.05) is 12.1 Å². The third kappa shape index (κ3) is 3.55. The second-order valence-electron chi connectivity index (χ2n) is 5.02. The number of anilines is 1. The highest BCUT2D eigenvalue weighted by atomic mass is 35.5. The van der Waals surface area contributed by atoms with Crippen LogP contribution in [-0.4, -0.2) is 22.8 Å². The Hall–Kier alpha value is -2.86. The molecule has 0 spiro atoms. The van der Waals surface area contributed by atoms with Gasteiger partial charge in [0.25, 0.3) is 0 Å². The summed E-state index contributed by atoms with van der Waals surface area (Å²) in [5.74, 6) is 0.0996. The van der Waals surface area contributed by atoms with Crippen molar-refractivity contribution in [3.63, 3.8) is 0 Å². The molecule has 0 atom stereocenters. The monoisotopic (exact) mass is 346 g/mol. The molecule has 0 fully saturated rings. The summed E-state index contributed by atoms with van der Waals surface area (Å²) >= 11 is 5.86. The van der Waals surface area contributed by atoms with Crippen LogP contribution in [0.2, 0.25) is 5.02 Å². The summed E-state index contributed by atoms with van der Waals surface area (Å²) in [5.41, 5.74) is 1.13. The number of benzene rings is 2. The average molecular weight is 347 g/mol. The number of aromatic hydroxyl groups is 1. The zero-order chi connectivity index (χ0) is 16.9. The van der Waals surface area contributed by atoms with Crippen LogP contribution in [0.1, 0.15) is 5.56 Å². The number of carbonyl (C=O) groups is 1. The second-order valence-corrected chi connectivity index (χ2v) is 5.43. The Bertz CT molecular complexity index is 764. The number of hydrogen-bond acceptors (Lipinski definition) is 4. The lowest BCUT2D eigenvalue weighted by Crippen LogP contribution is -2.34. The molecule has 124 valence electrons. The molecule has 2 N–H and O–H groups in total. The van der Waals surface area contributed by atoms with Crippen LogP contribution in [0.15, 0.2) is 60.7 Å². The third-order valence-electron chi connectivity index (χ3n) is 3.38. The standard InChI is InChI=1S/C17H15ClN2O4/c18-13-7-4-8-14(16(13)21)19-17(22)20(15-10-23-11-24-15)9-12-5-2-1-3-6-12/h1-8,10,21H,9,11H2,(H,19,22). The summed E-state index contributed by atoms with van der Waals surface area (Å²) in [7, 11) is 0. The number of phenolic OH excluding ortho intramolecular Hbond substituents is 1. The fourth-order valence-corrected chi connectivity index (χ4v) is 2.36. The van der Waals surface area contributed by atoms with E-state index in [4.69, 9.17) is 21.1 Å². The Balaban J connectivity index is 1.82. The summed E-state index contributed by atoms with van der Waals surface area (Å²) in [6.45, 7) is 0.333. The minimum atomic E-state index is -0.479. The Morgan fingerprint density at radius 1 is 1.21 bits per heavy atom. The van der Waals surface area contributed by atoms with Gasteiger partial charge >= 0.3 is 6.03 Å². The van der Waals surface area contributed by atoms with E-state index < -0.39 is 6.03 Å². The molecular weight excluding hydrogens is 332 g/mol. The molecule has 1 aliphatic heterocycles. The number of phenols is 1. The fourth-order valence-electron chi connectivity index (χ4n) is 2.19. The number of carbonyl (C=O) groups excluding carboxylic acids is 1. The number of hydrogen-bond donors (Lipinski definition) is 2. The molecule has 1 heterocycles. The van der Waals surface area contributed by atoms with Crippen LogP contribution >= 0.6 is 11.6 Å². The van der Waals surface area contributed by atoms with Crippen molar-refractivity contribution in [2.24, 2.45) is 0 Å². The van der Waals surface area contributed by atoms with Gasteiger partial charge in [0.05, 0.1) is 17.3 Å². The van der Waals surface area contributed by atoms with Crippen molar-refractivity contribution in [3.05, 3.63) is 71.3 Å². The average Bonchev–Trinajstić information content (AvgIpc) is 3.12. The third-order valence-corrected chi connectivity index (χ3v) is 3.69. The van der Waals surface area contributed by atoms with Crippen molar-refractivity contribution in [2.45, 2.75) is 6.54 Å². The van der Waals surface area contributed by atoms with Crippen LogP contribution in [0.4, 0.5) is 10.5 Å². The molecule has 0 bridgehead atoms. The van der Waals surface area contributed by atoms with Crippen LogP contribution in [0.3, 0.4) is 0 Å². The highest BCUT2D eigenvalue weighted by molar-refractivity contribution is 6.32. The van der Waals surface area contributed by atoms with Gasteiger partial charge < -0.3 is 19.9 Å². The van der Waals surface area contributed by atoms with E-state index in [-0.39, 0.29) is 35.7 Å². The zero-order valence-corrected chi connectivity index (χ0v) is 13.4. The molecule has 0 unspecified atom stereocenters. The van der Waals surface area contributed by atoms with Gasteiger partial charge in [-0.15, -0.1) is 0 Å². The van der Waals surface area contributed by atoms with Gasteiger partial charge in [0.1, 0.15) is 6.26 Å². The molecule has 0 aromatic heterocycles. The number of halogens is 1. The second kappa shape index (κ2) is 7.14. The summed E-state index contributed by atoms with van der Waals surface area (Å²) in [5, 5.41) is 12.7. The fraction of sp³-hybridized carbons (Fsp3) is 0.118. The molecule has 3 rings (SSSR count). The van der Waals surface area contributed by atoms with Crippen LogP contribution in [0, 0.1) is 0 Å². The van der Waals surface area contributed by atoms with E-state index in [0.717, 1.165) is 5.56 Å². The molecule has 2 amide bonds. The topological polar surface area (TPSA) is 71.0 Å². The van der Waals surface area contributed by atoms with Crippen LogP contribution in [0.25, 0.3) is 0 Å². The van der Waals surface area contributed by atoms with Gasteiger partial charge in [0.2, 0.25) is 12.7 Å². The molecule has 0 radical (unpaired) electrons. The SMILES string of the molecule is O=C(Nc1cccc(Cl)c1O)N(Cc1ccccc1)C1=COCO1. The Morgan fingerprint density at radius 3 is 2.71 bits per heavy atom. The first-order chi connectivity index (χ1) is 11.6. The smallest absolute Gasteiger partial charge is 0.329 e. The Morgan fingerprint density at radius 2 is 2.00 bits per heavy atom. The highest BCUT2D eigenvalue weighted by Gasteiger charge is 2.24. The van der Waals surface area contributed by atoms with Crippen molar-refractivity contribution < 1.29 is 19.4 Å². The summed E-state index contributed by atoms with van der Waals surface area (Å²) in [6, 6.07) is 13.7. The number of nitrogens with zero attached hydrogens (tertiary/aromatic N) is 1. The van der Waals surface area contributed by atoms with Gasteiger partial charge in [0.15, 0.2) is 5.75 Å². The largest absolute Gasteiger partial charge is 0.504 e. The minimum Gasteiger partial charge on any atom is -0.504 e. The molecule has 2 aromatic carbocycles. The number of nitrogens with one attached hydrogen (secondary N) is 1.